The summed E-state index contributed by atoms with van der Waals surface area (Å²) in [7, 11) is 4.06. The molecule has 1 aromatic rings. The van der Waals surface area contributed by atoms with Crippen LogP contribution in [0.5, 0.6) is 0 Å². The highest BCUT2D eigenvalue weighted by molar-refractivity contribution is 5.80. The molecule has 1 aliphatic carbocycles. The second-order valence-corrected chi connectivity index (χ2v) is 7.64. The van der Waals surface area contributed by atoms with Crippen LogP contribution in [0.25, 0.3) is 0 Å². The molecule has 138 valence electrons. The number of rotatable bonds is 5. The highest BCUT2D eigenvalue weighted by Crippen LogP contribution is 2.28. The van der Waals surface area contributed by atoms with Crippen LogP contribution < -0.4 is 10.6 Å². The number of hydrogen-bond acceptors (Lipinski definition) is 3. The fourth-order valence-corrected chi connectivity index (χ4v) is 3.36. The Hall–Kier alpha value is -1.59. The zero-order valence-corrected chi connectivity index (χ0v) is 16.0. The van der Waals surface area contributed by atoms with Gasteiger partial charge in [0.25, 0.3) is 0 Å². The molecule has 0 spiro atoms. The van der Waals surface area contributed by atoms with E-state index in [1.165, 1.54) is 50.1 Å². The Bertz CT molecular complexity index is 568. The highest BCUT2D eigenvalue weighted by Gasteiger charge is 2.33. The molecular weight excluding hydrogens is 310 g/mol. The van der Waals surface area contributed by atoms with Crippen LogP contribution in [0.4, 0.5) is 0 Å². The number of aliphatic imine (C=N–C) groups is 1. The third-order valence-electron chi connectivity index (χ3n) is 5.36. The molecule has 1 heterocycles. The standard InChI is InChI=1S/C20H33N5/c1-16-13-19(16)23-20(21-2)22-14-17-5-7-18(8-6-17)15-25-10-4-9-24(3)11-12-25/h5-8,16,19H,4,9-15H2,1-3H3,(H2,21,22,23). The Morgan fingerprint density at radius 2 is 1.84 bits per heavy atom. The van der Waals surface area contributed by atoms with Gasteiger partial charge in [0.15, 0.2) is 5.96 Å². The van der Waals surface area contributed by atoms with Crippen LogP contribution in [0.1, 0.15) is 30.9 Å². The monoisotopic (exact) mass is 343 g/mol. The van der Waals surface area contributed by atoms with Crippen molar-refractivity contribution in [2.75, 3.05) is 40.3 Å². The summed E-state index contributed by atoms with van der Waals surface area (Å²) in [5.74, 6) is 1.68. The van der Waals surface area contributed by atoms with E-state index >= 15 is 0 Å². The molecule has 1 saturated heterocycles. The van der Waals surface area contributed by atoms with Crippen LogP contribution in [0.15, 0.2) is 29.3 Å². The molecule has 3 rings (SSSR count). The van der Waals surface area contributed by atoms with Gasteiger partial charge in [-0.05, 0) is 50.0 Å². The Morgan fingerprint density at radius 1 is 1.12 bits per heavy atom. The second-order valence-electron chi connectivity index (χ2n) is 7.64. The third-order valence-corrected chi connectivity index (χ3v) is 5.36. The predicted octanol–water partition coefficient (Wildman–Crippen LogP) is 1.90. The first kappa shape index (κ1) is 18.2. The number of benzene rings is 1. The highest BCUT2D eigenvalue weighted by atomic mass is 15.2. The van der Waals surface area contributed by atoms with Gasteiger partial charge in [0.2, 0.25) is 0 Å². The van der Waals surface area contributed by atoms with E-state index in [1.807, 2.05) is 7.05 Å². The fraction of sp³-hybridized carbons (Fsp3) is 0.650. The van der Waals surface area contributed by atoms with Gasteiger partial charge in [-0.25, -0.2) is 0 Å². The van der Waals surface area contributed by atoms with Crippen molar-refractivity contribution in [3.63, 3.8) is 0 Å². The van der Waals surface area contributed by atoms with Crippen molar-refractivity contribution in [1.82, 2.24) is 20.4 Å². The first-order chi connectivity index (χ1) is 12.1. The van der Waals surface area contributed by atoms with E-state index in [9.17, 15) is 0 Å². The zero-order chi connectivity index (χ0) is 17.6. The third kappa shape index (κ3) is 5.72. The normalized spacial score (nSPS) is 25.5. The Balaban J connectivity index is 1.45. The van der Waals surface area contributed by atoms with E-state index in [0.717, 1.165) is 25.0 Å². The van der Waals surface area contributed by atoms with Gasteiger partial charge in [0.1, 0.15) is 0 Å². The molecule has 2 unspecified atom stereocenters. The van der Waals surface area contributed by atoms with Gasteiger partial charge in [-0.1, -0.05) is 31.2 Å². The molecule has 0 bridgehead atoms. The number of hydrogen-bond donors (Lipinski definition) is 2. The minimum absolute atomic E-state index is 0.598. The summed E-state index contributed by atoms with van der Waals surface area (Å²) in [4.78, 5) is 9.31. The maximum absolute atomic E-state index is 4.31. The lowest BCUT2D eigenvalue weighted by atomic mass is 10.1. The SMILES string of the molecule is CN=C(NCc1ccc(CN2CCCN(C)CC2)cc1)NC1CC1C. The Morgan fingerprint density at radius 3 is 2.52 bits per heavy atom. The molecule has 0 radical (unpaired) electrons. The molecule has 25 heavy (non-hydrogen) atoms. The average Bonchev–Trinajstić information content (AvgIpc) is 3.35. The summed E-state index contributed by atoms with van der Waals surface area (Å²) < 4.78 is 0. The molecule has 1 saturated carbocycles. The average molecular weight is 344 g/mol. The lowest BCUT2D eigenvalue weighted by molar-refractivity contribution is 0.269. The van der Waals surface area contributed by atoms with Crippen molar-refractivity contribution in [2.45, 2.75) is 38.9 Å². The van der Waals surface area contributed by atoms with E-state index in [4.69, 9.17) is 0 Å². The summed E-state index contributed by atoms with van der Waals surface area (Å²) >= 11 is 0. The van der Waals surface area contributed by atoms with Crippen LogP contribution >= 0.6 is 0 Å². The summed E-state index contributed by atoms with van der Waals surface area (Å²) in [6.45, 7) is 8.91. The molecule has 2 fully saturated rings. The van der Waals surface area contributed by atoms with Gasteiger partial charge >= 0.3 is 0 Å². The lowest BCUT2D eigenvalue weighted by Gasteiger charge is -2.20. The van der Waals surface area contributed by atoms with Crippen LogP contribution in [-0.2, 0) is 13.1 Å². The number of guanidine groups is 1. The fourth-order valence-electron chi connectivity index (χ4n) is 3.36. The maximum Gasteiger partial charge on any atom is 0.191 e. The van der Waals surface area contributed by atoms with Crippen molar-refractivity contribution in [3.05, 3.63) is 35.4 Å². The summed E-state index contributed by atoms with van der Waals surface area (Å²) in [6.07, 6.45) is 2.52. The van der Waals surface area contributed by atoms with Gasteiger partial charge in [0.05, 0.1) is 0 Å². The number of nitrogens with zero attached hydrogens (tertiary/aromatic N) is 3. The zero-order valence-electron chi connectivity index (χ0n) is 16.0. The first-order valence-electron chi connectivity index (χ1n) is 9.60. The summed E-state index contributed by atoms with van der Waals surface area (Å²) in [5, 5.41) is 6.88. The molecule has 0 aromatic heterocycles. The van der Waals surface area contributed by atoms with Crippen LogP contribution in [0.3, 0.4) is 0 Å². The predicted molar refractivity (Wildman–Crippen MR) is 105 cm³/mol. The molecule has 1 aliphatic heterocycles. The molecule has 2 N–H and O–H groups in total. The first-order valence-corrected chi connectivity index (χ1v) is 9.60. The van der Waals surface area contributed by atoms with E-state index in [-0.39, 0.29) is 0 Å². The van der Waals surface area contributed by atoms with Crippen molar-refractivity contribution in [3.8, 4) is 0 Å². The van der Waals surface area contributed by atoms with Crippen molar-refractivity contribution in [2.24, 2.45) is 10.9 Å². The smallest absolute Gasteiger partial charge is 0.191 e. The molecule has 2 aliphatic rings. The molecule has 5 heteroatoms. The summed E-state index contributed by atoms with van der Waals surface area (Å²) in [6, 6.07) is 9.61. The van der Waals surface area contributed by atoms with E-state index in [0.29, 0.717) is 6.04 Å². The minimum Gasteiger partial charge on any atom is -0.353 e. The van der Waals surface area contributed by atoms with E-state index in [2.05, 4.69) is 63.7 Å². The largest absolute Gasteiger partial charge is 0.353 e. The topological polar surface area (TPSA) is 42.9 Å². The van der Waals surface area contributed by atoms with Crippen LogP contribution in [0, 0.1) is 5.92 Å². The molecule has 2 atom stereocenters. The second kappa shape index (κ2) is 8.68. The van der Waals surface area contributed by atoms with Gasteiger partial charge in [-0.15, -0.1) is 0 Å². The Kier molecular flexibility index (Phi) is 6.32. The molecule has 0 amide bonds. The molecule has 1 aromatic carbocycles. The van der Waals surface area contributed by atoms with Crippen molar-refractivity contribution < 1.29 is 0 Å². The quantitative estimate of drug-likeness (QED) is 0.633. The minimum atomic E-state index is 0.598. The maximum atomic E-state index is 4.31. The Labute approximate surface area is 152 Å². The lowest BCUT2D eigenvalue weighted by Crippen LogP contribution is -2.38. The molecule has 5 nitrogen and oxygen atoms in total. The number of likely N-dealkylation sites (N-methyl/N-ethyl adjacent to an activating group) is 1. The van der Waals surface area contributed by atoms with E-state index in [1.54, 1.807) is 0 Å². The van der Waals surface area contributed by atoms with Crippen LogP contribution in [0.2, 0.25) is 0 Å². The van der Waals surface area contributed by atoms with Gasteiger partial charge in [-0.3, -0.25) is 9.89 Å². The van der Waals surface area contributed by atoms with Crippen molar-refractivity contribution in [1.29, 1.82) is 0 Å². The van der Waals surface area contributed by atoms with Gasteiger partial charge in [-0.2, -0.15) is 0 Å². The summed E-state index contributed by atoms with van der Waals surface area (Å²) in [5.41, 5.74) is 2.70. The van der Waals surface area contributed by atoms with Gasteiger partial charge < -0.3 is 15.5 Å². The van der Waals surface area contributed by atoms with Gasteiger partial charge in [0, 0.05) is 39.3 Å². The van der Waals surface area contributed by atoms with Crippen molar-refractivity contribution >= 4 is 5.96 Å². The van der Waals surface area contributed by atoms with Crippen LogP contribution in [-0.4, -0.2) is 62.1 Å². The number of nitrogens with one attached hydrogen (secondary N) is 2. The van der Waals surface area contributed by atoms with E-state index < -0.39 is 0 Å². The molecular formula is C20H33N5.